The molecule has 1 saturated carbocycles. The normalized spacial score (nSPS) is 17.1. The monoisotopic (exact) mass is 517 g/mol. The maximum absolute atomic E-state index is 13.0. The number of non-ortho nitro benzene ring substituents is 1. The lowest BCUT2D eigenvalue weighted by molar-refractivity contribution is -0.384. The summed E-state index contributed by atoms with van der Waals surface area (Å²) in [4.78, 5) is 48.5. The van der Waals surface area contributed by atoms with Crippen molar-refractivity contribution < 1.29 is 28.8 Å². The van der Waals surface area contributed by atoms with Gasteiger partial charge in [-0.25, -0.2) is 0 Å². The Bertz CT molecular complexity index is 1150. The van der Waals surface area contributed by atoms with E-state index in [9.17, 15) is 24.5 Å². The van der Waals surface area contributed by atoms with Gasteiger partial charge in [0.1, 0.15) is 5.75 Å². The van der Waals surface area contributed by atoms with E-state index in [-0.39, 0.29) is 47.2 Å². The summed E-state index contributed by atoms with van der Waals surface area (Å²) in [6.07, 6.45) is 2.08. The summed E-state index contributed by atoms with van der Waals surface area (Å²) in [5, 5.41) is 17.1. The summed E-state index contributed by atoms with van der Waals surface area (Å²) in [6.45, 7) is 2.17. The third-order valence-corrected chi connectivity index (χ3v) is 6.40. The van der Waals surface area contributed by atoms with Crippen LogP contribution in [-0.2, 0) is 20.9 Å². The Labute approximate surface area is 213 Å². The standard InChI is InChI=1S/C25H28ClN3O7/c1-3-36-25(32)17-7-5-16(6-8-17)23(30)28-21-10-9-18(29(33)34)13-19(21)24(31)27-14-15-4-11-22(35-2)20(26)12-15/h4,9-13,16-17H,3,5-8,14H2,1-2H3,(H,27,31)(H,28,30). The highest BCUT2D eigenvalue weighted by molar-refractivity contribution is 6.32. The summed E-state index contributed by atoms with van der Waals surface area (Å²) >= 11 is 6.13. The molecule has 0 atom stereocenters. The second kappa shape index (κ2) is 12.3. The average molecular weight is 518 g/mol. The molecule has 192 valence electrons. The number of esters is 1. The molecule has 2 aromatic carbocycles. The second-order valence-corrected chi connectivity index (χ2v) is 8.84. The molecule has 2 aromatic rings. The molecule has 10 nitrogen and oxygen atoms in total. The van der Waals surface area contributed by atoms with E-state index in [0.29, 0.717) is 48.6 Å². The fourth-order valence-corrected chi connectivity index (χ4v) is 4.41. The molecule has 1 aliphatic carbocycles. The Kier molecular flexibility index (Phi) is 9.24. The minimum absolute atomic E-state index is 0.0302. The number of anilines is 1. The van der Waals surface area contributed by atoms with Crippen molar-refractivity contribution in [2.24, 2.45) is 11.8 Å². The van der Waals surface area contributed by atoms with Gasteiger partial charge in [0, 0.05) is 24.6 Å². The van der Waals surface area contributed by atoms with Crippen LogP contribution in [0.25, 0.3) is 0 Å². The number of methoxy groups -OCH3 is 1. The average Bonchev–Trinajstić information content (AvgIpc) is 2.87. The van der Waals surface area contributed by atoms with Crippen molar-refractivity contribution in [3.63, 3.8) is 0 Å². The molecule has 0 unspecified atom stereocenters. The van der Waals surface area contributed by atoms with Crippen molar-refractivity contribution >= 4 is 40.8 Å². The fraction of sp³-hybridized carbons (Fsp3) is 0.400. The number of rotatable bonds is 9. The zero-order valence-corrected chi connectivity index (χ0v) is 20.8. The molecular formula is C25H28ClN3O7. The molecule has 0 aromatic heterocycles. The molecule has 1 aliphatic rings. The van der Waals surface area contributed by atoms with Crippen LogP contribution in [0.4, 0.5) is 11.4 Å². The molecule has 0 spiro atoms. The number of nitrogens with one attached hydrogen (secondary N) is 2. The SMILES string of the molecule is CCOC(=O)C1CCC(C(=O)Nc2ccc([N+](=O)[O-])cc2C(=O)NCc2ccc(OC)c(Cl)c2)CC1. The second-order valence-electron chi connectivity index (χ2n) is 8.43. The summed E-state index contributed by atoms with van der Waals surface area (Å²) < 4.78 is 10.2. The van der Waals surface area contributed by atoms with Gasteiger partial charge in [-0.1, -0.05) is 17.7 Å². The number of amides is 2. The van der Waals surface area contributed by atoms with Crippen LogP contribution in [0.15, 0.2) is 36.4 Å². The van der Waals surface area contributed by atoms with Crippen LogP contribution in [0.5, 0.6) is 5.75 Å². The van der Waals surface area contributed by atoms with Crippen molar-refractivity contribution in [2.75, 3.05) is 19.0 Å². The number of carbonyl (C=O) groups excluding carboxylic acids is 3. The molecule has 0 radical (unpaired) electrons. The van der Waals surface area contributed by atoms with E-state index in [2.05, 4.69) is 10.6 Å². The zero-order chi connectivity index (χ0) is 26.2. The molecule has 0 aliphatic heterocycles. The number of carbonyl (C=O) groups is 3. The smallest absolute Gasteiger partial charge is 0.308 e. The quantitative estimate of drug-likeness (QED) is 0.284. The highest BCUT2D eigenvalue weighted by Gasteiger charge is 2.31. The van der Waals surface area contributed by atoms with E-state index in [1.54, 1.807) is 25.1 Å². The lowest BCUT2D eigenvalue weighted by Gasteiger charge is -2.26. The van der Waals surface area contributed by atoms with Crippen molar-refractivity contribution in [1.29, 1.82) is 0 Å². The molecule has 2 amide bonds. The van der Waals surface area contributed by atoms with Gasteiger partial charge in [0.25, 0.3) is 11.6 Å². The minimum atomic E-state index is -0.609. The van der Waals surface area contributed by atoms with Gasteiger partial charge in [-0.15, -0.1) is 0 Å². The first kappa shape index (κ1) is 26.9. The topological polar surface area (TPSA) is 137 Å². The van der Waals surface area contributed by atoms with Crippen molar-refractivity contribution in [3.8, 4) is 5.75 Å². The van der Waals surface area contributed by atoms with Gasteiger partial charge >= 0.3 is 5.97 Å². The summed E-state index contributed by atoms with van der Waals surface area (Å²) in [7, 11) is 1.49. The number of ether oxygens (including phenoxy) is 2. The number of hydrogen-bond acceptors (Lipinski definition) is 7. The van der Waals surface area contributed by atoms with Crippen molar-refractivity contribution in [3.05, 3.63) is 62.7 Å². The van der Waals surface area contributed by atoms with E-state index in [4.69, 9.17) is 21.1 Å². The maximum atomic E-state index is 13.0. The molecule has 0 bridgehead atoms. The third kappa shape index (κ3) is 6.72. The highest BCUT2D eigenvalue weighted by atomic mass is 35.5. The number of hydrogen-bond donors (Lipinski definition) is 2. The highest BCUT2D eigenvalue weighted by Crippen LogP contribution is 2.31. The summed E-state index contributed by atoms with van der Waals surface area (Å²) in [5.41, 5.74) is 0.560. The van der Waals surface area contributed by atoms with Crippen molar-refractivity contribution in [1.82, 2.24) is 5.32 Å². The van der Waals surface area contributed by atoms with E-state index in [0.717, 1.165) is 6.07 Å². The Hall–Kier alpha value is -3.66. The van der Waals surface area contributed by atoms with Crippen LogP contribution in [0.2, 0.25) is 5.02 Å². The summed E-state index contributed by atoms with van der Waals surface area (Å²) in [5.74, 6) is -1.21. The zero-order valence-electron chi connectivity index (χ0n) is 20.0. The van der Waals surface area contributed by atoms with Gasteiger partial charge in [0.05, 0.1) is 40.8 Å². The predicted octanol–water partition coefficient (Wildman–Crippen LogP) is 4.49. The molecular weight excluding hydrogens is 490 g/mol. The van der Waals surface area contributed by atoms with Crippen LogP contribution >= 0.6 is 11.6 Å². The van der Waals surface area contributed by atoms with Gasteiger partial charge in [-0.05, 0) is 56.4 Å². The van der Waals surface area contributed by atoms with E-state index >= 15 is 0 Å². The molecule has 3 rings (SSSR count). The minimum Gasteiger partial charge on any atom is -0.495 e. The van der Waals surface area contributed by atoms with E-state index in [1.165, 1.54) is 19.2 Å². The molecule has 0 saturated heterocycles. The van der Waals surface area contributed by atoms with Gasteiger partial charge in [0.2, 0.25) is 5.91 Å². The van der Waals surface area contributed by atoms with Crippen LogP contribution in [-0.4, -0.2) is 36.4 Å². The van der Waals surface area contributed by atoms with Gasteiger partial charge in [0.15, 0.2) is 0 Å². The lowest BCUT2D eigenvalue weighted by atomic mass is 9.81. The van der Waals surface area contributed by atoms with E-state index in [1.807, 2.05) is 0 Å². The van der Waals surface area contributed by atoms with Crippen LogP contribution < -0.4 is 15.4 Å². The largest absolute Gasteiger partial charge is 0.495 e. The maximum Gasteiger partial charge on any atom is 0.308 e. The number of nitro groups is 1. The number of nitrogens with zero attached hydrogens (tertiary/aromatic N) is 1. The lowest BCUT2D eigenvalue weighted by Crippen LogP contribution is -2.31. The first-order chi connectivity index (χ1) is 17.2. The molecule has 2 N–H and O–H groups in total. The number of benzene rings is 2. The Morgan fingerprint density at radius 3 is 2.39 bits per heavy atom. The predicted molar refractivity (Wildman–Crippen MR) is 133 cm³/mol. The van der Waals surface area contributed by atoms with Gasteiger partial charge < -0.3 is 20.1 Å². The first-order valence-electron chi connectivity index (χ1n) is 11.6. The van der Waals surface area contributed by atoms with Crippen LogP contribution in [0.1, 0.15) is 48.5 Å². The van der Waals surface area contributed by atoms with Crippen molar-refractivity contribution in [2.45, 2.75) is 39.2 Å². The first-order valence-corrected chi connectivity index (χ1v) is 12.0. The molecule has 1 fully saturated rings. The Balaban J connectivity index is 1.70. The molecule has 11 heteroatoms. The van der Waals surface area contributed by atoms with Crippen LogP contribution in [0, 0.1) is 22.0 Å². The van der Waals surface area contributed by atoms with Gasteiger partial charge in [-0.2, -0.15) is 0 Å². The van der Waals surface area contributed by atoms with E-state index < -0.39 is 10.8 Å². The Morgan fingerprint density at radius 1 is 1.08 bits per heavy atom. The fourth-order valence-electron chi connectivity index (χ4n) is 4.13. The third-order valence-electron chi connectivity index (χ3n) is 6.10. The van der Waals surface area contributed by atoms with Crippen LogP contribution in [0.3, 0.4) is 0 Å². The molecule has 0 heterocycles. The molecule has 36 heavy (non-hydrogen) atoms. The number of halogens is 1. The van der Waals surface area contributed by atoms with Gasteiger partial charge in [-0.3, -0.25) is 24.5 Å². The number of nitro benzene ring substituents is 1. The Morgan fingerprint density at radius 2 is 1.78 bits per heavy atom. The summed E-state index contributed by atoms with van der Waals surface area (Å²) in [6, 6.07) is 8.74.